The van der Waals surface area contributed by atoms with Crippen LogP contribution in [0.15, 0.2) is 18.5 Å². The highest BCUT2D eigenvalue weighted by Crippen LogP contribution is 2.39. The van der Waals surface area contributed by atoms with E-state index in [1.807, 2.05) is 0 Å². The van der Waals surface area contributed by atoms with Gasteiger partial charge in [-0.1, -0.05) is 0 Å². The molecule has 2 atom stereocenters. The van der Waals surface area contributed by atoms with Crippen LogP contribution in [-0.2, 0) is 4.74 Å². The molecule has 30 heavy (non-hydrogen) atoms. The third-order valence-corrected chi connectivity index (χ3v) is 4.91. The third kappa shape index (κ3) is 4.66. The van der Waals surface area contributed by atoms with Crippen LogP contribution in [-0.4, -0.2) is 63.1 Å². The lowest BCUT2D eigenvalue weighted by atomic mass is 10.1. The second kappa shape index (κ2) is 7.77. The molecule has 1 amide bonds. The van der Waals surface area contributed by atoms with Crippen molar-refractivity contribution < 1.29 is 28.5 Å². The molecular formula is C21H26FN3O5. The Labute approximate surface area is 174 Å². The number of piperidine rings is 1. The molecule has 1 saturated carbocycles. The fourth-order valence-corrected chi connectivity index (χ4v) is 3.27. The van der Waals surface area contributed by atoms with Gasteiger partial charge < -0.3 is 24.2 Å². The monoisotopic (exact) mass is 419 g/mol. The largest absolute Gasteiger partial charge is 0.493 e. The average molecular weight is 419 g/mol. The van der Waals surface area contributed by atoms with Crippen LogP contribution in [0.1, 0.15) is 40.0 Å². The van der Waals surface area contributed by atoms with E-state index in [1.54, 1.807) is 32.9 Å². The number of likely N-dealkylation sites (tertiary alicyclic amines) is 1. The zero-order valence-corrected chi connectivity index (χ0v) is 17.3. The summed E-state index contributed by atoms with van der Waals surface area (Å²) in [6.07, 6.45) is 0.899. The molecule has 1 aliphatic carbocycles. The minimum absolute atomic E-state index is 0.107. The number of aromatic hydroxyl groups is 1. The first-order valence-corrected chi connectivity index (χ1v) is 10.1. The number of amides is 1. The normalized spacial score (nSPS) is 22.1. The van der Waals surface area contributed by atoms with Crippen LogP contribution in [0.4, 0.5) is 9.18 Å². The van der Waals surface area contributed by atoms with Crippen molar-refractivity contribution in [2.24, 2.45) is 0 Å². The summed E-state index contributed by atoms with van der Waals surface area (Å²) in [6, 6.07) is 3.25. The van der Waals surface area contributed by atoms with Gasteiger partial charge in [-0.15, -0.1) is 0 Å². The maximum atomic E-state index is 14.9. The van der Waals surface area contributed by atoms with Crippen molar-refractivity contribution in [3.8, 4) is 17.4 Å². The number of aromatic nitrogens is 2. The summed E-state index contributed by atoms with van der Waals surface area (Å²) < 4.78 is 32.1. The van der Waals surface area contributed by atoms with Crippen molar-refractivity contribution in [1.29, 1.82) is 0 Å². The molecule has 0 unspecified atom stereocenters. The van der Waals surface area contributed by atoms with Crippen LogP contribution in [0.2, 0.25) is 0 Å². The van der Waals surface area contributed by atoms with Gasteiger partial charge in [-0.3, -0.25) is 0 Å². The first kappa shape index (κ1) is 20.4. The van der Waals surface area contributed by atoms with Gasteiger partial charge in [-0.25, -0.2) is 19.2 Å². The highest BCUT2D eigenvalue weighted by Gasteiger charge is 2.36. The molecule has 0 radical (unpaired) electrons. The topological polar surface area (TPSA) is 94.0 Å². The zero-order chi connectivity index (χ0) is 21.5. The number of ether oxygens (including phenoxy) is 3. The Morgan fingerprint density at radius 3 is 2.57 bits per heavy atom. The number of carbonyl (C=O) groups is 1. The molecule has 2 heterocycles. The van der Waals surface area contributed by atoms with E-state index in [0.717, 1.165) is 12.8 Å². The van der Waals surface area contributed by atoms with Gasteiger partial charge in [0.15, 0.2) is 17.7 Å². The summed E-state index contributed by atoms with van der Waals surface area (Å²) in [5.74, 6) is 0.613. The van der Waals surface area contributed by atoms with Crippen molar-refractivity contribution in [3.05, 3.63) is 18.5 Å². The van der Waals surface area contributed by atoms with Crippen molar-refractivity contribution in [3.63, 3.8) is 0 Å². The molecule has 0 bridgehead atoms. The number of nitrogens with zero attached hydrogens (tertiary/aromatic N) is 3. The Balaban J connectivity index is 1.51. The highest BCUT2D eigenvalue weighted by molar-refractivity contribution is 5.86. The molecule has 1 aliphatic heterocycles. The number of halogens is 1. The first-order chi connectivity index (χ1) is 14.2. The number of rotatable bonds is 4. The van der Waals surface area contributed by atoms with E-state index >= 15 is 0 Å². The third-order valence-electron chi connectivity index (χ3n) is 4.91. The molecule has 1 aromatic heterocycles. The average Bonchev–Trinajstić information content (AvgIpc) is 3.47. The fraction of sp³-hybridized carbons (Fsp3) is 0.571. The van der Waals surface area contributed by atoms with E-state index in [1.165, 1.54) is 11.2 Å². The Morgan fingerprint density at radius 2 is 1.90 bits per heavy atom. The minimum Gasteiger partial charge on any atom is -0.493 e. The maximum Gasteiger partial charge on any atom is 0.410 e. The molecule has 1 aromatic carbocycles. The number of benzene rings is 1. The van der Waals surface area contributed by atoms with Crippen molar-refractivity contribution in [1.82, 2.24) is 14.9 Å². The van der Waals surface area contributed by atoms with E-state index in [0.29, 0.717) is 35.4 Å². The summed E-state index contributed by atoms with van der Waals surface area (Å²) in [6.45, 7) is 5.52. The van der Waals surface area contributed by atoms with E-state index in [2.05, 4.69) is 9.97 Å². The van der Waals surface area contributed by atoms with Gasteiger partial charge in [-0.05, 0) is 39.7 Å². The fourth-order valence-electron chi connectivity index (χ4n) is 3.27. The van der Waals surface area contributed by atoms with Gasteiger partial charge in [0, 0.05) is 19.0 Å². The molecule has 2 aliphatic rings. The Bertz CT molecular complexity index is 944. The molecule has 8 nitrogen and oxygen atoms in total. The van der Waals surface area contributed by atoms with Crippen LogP contribution in [0, 0.1) is 0 Å². The minimum atomic E-state index is -1.39. The van der Waals surface area contributed by atoms with E-state index in [-0.39, 0.29) is 18.5 Å². The van der Waals surface area contributed by atoms with E-state index < -0.39 is 24.0 Å². The lowest BCUT2D eigenvalue weighted by Gasteiger charge is -2.35. The van der Waals surface area contributed by atoms with Gasteiger partial charge >= 0.3 is 6.09 Å². The van der Waals surface area contributed by atoms with Gasteiger partial charge in [0.2, 0.25) is 5.88 Å². The lowest BCUT2D eigenvalue weighted by molar-refractivity contribution is -0.0111. The van der Waals surface area contributed by atoms with Crippen LogP contribution in [0.25, 0.3) is 10.9 Å². The molecule has 1 saturated heterocycles. The van der Waals surface area contributed by atoms with Gasteiger partial charge in [0.05, 0.1) is 23.6 Å². The van der Waals surface area contributed by atoms with Crippen LogP contribution < -0.4 is 9.47 Å². The van der Waals surface area contributed by atoms with Gasteiger partial charge in [-0.2, -0.15) is 0 Å². The predicted octanol–water partition coefficient (Wildman–Crippen LogP) is 3.60. The van der Waals surface area contributed by atoms with Crippen LogP contribution in [0.3, 0.4) is 0 Å². The van der Waals surface area contributed by atoms with E-state index in [9.17, 15) is 14.3 Å². The van der Waals surface area contributed by atoms with E-state index in [4.69, 9.17) is 14.2 Å². The zero-order valence-electron chi connectivity index (χ0n) is 17.3. The van der Waals surface area contributed by atoms with Crippen LogP contribution >= 0.6 is 0 Å². The predicted molar refractivity (Wildman–Crippen MR) is 107 cm³/mol. The van der Waals surface area contributed by atoms with Crippen molar-refractivity contribution in [2.75, 3.05) is 13.1 Å². The Hall–Kier alpha value is -2.84. The van der Waals surface area contributed by atoms with Gasteiger partial charge in [0.25, 0.3) is 0 Å². The second-order valence-electron chi connectivity index (χ2n) is 8.72. The van der Waals surface area contributed by atoms with Crippen molar-refractivity contribution >= 4 is 17.0 Å². The highest BCUT2D eigenvalue weighted by atomic mass is 19.1. The smallest absolute Gasteiger partial charge is 0.410 e. The molecule has 0 spiro atoms. The summed E-state index contributed by atoms with van der Waals surface area (Å²) in [4.78, 5) is 21.5. The standard InChI is InChI=1S/C21H26FN3O5/c1-21(2,3)30-20(27)25-7-6-16(14(22)10-25)29-17-8-13-15(23-11-24-19(13)26)9-18(17)28-12-4-5-12/h8-9,11-12,14,16H,4-7,10H2,1-3H3,(H,23,24,26)/t14-,16-/m1/s1. The number of carbonyl (C=O) groups excluding carboxylic acids is 1. The molecule has 4 rings (SSSR count). The summed E-state index contributed by atoms with van der Waals surface area (Å²) in [5.41, 5.74) is -0.123. The number of hydrogen-bond donors (Lipinski definition) is 1. The Kier molecular flexibility index (Phi) is 5.29. The maximum absolute atomic E-state index is 14.9. The number of hydrogen-bond acceptors (Lipinski definition) is 7. The first-order valence-electron chi connectivity index (χ1n) is 10.1. The summed E-state index contributed by atoms with van der Waals surface area (Å²) in [5, 5.41) is 10.4. The Morgan fingerprint density at radius 1 is 1.17 bits per heavy atom. The number of fused-ring (bicyclic) bond motifs is 1. The number of alkyl halides is 1. The lowest BCUT2D eigenvalue weighted by Crippen LogP contribution is -2.50. The molecular weight excluding hydrogens is 393 g/mol. The quantitative estimate of drug-likeness (QED) is 0.809. The molecule has 2 aromatic rings. The molecule has 9 heteroatoms. The summed E-state index contributed by atoms with van der Waals surface area (Å²) in [7, 11) is 0. The second-order valence-corrected chi connectivity index (χ2v) is 8.72. The van der Waals surface area contributed by atoms with Crippen molar-refractivity contribution in [2.45, 2.75) is 64.0 Å². The molecule has 1 N–H and O–H groups in total. The van der Waals surface area contributed by atoms with Gasteiger partial charge in [0.1, 0.15) is 18.0 Å². The molecule has 2 fully saturated rings. The molecule has 162 valence electrons. The SMILES string of the molecule is CC(C)(C)OC(=O)N1CC[C@@H](Oc2cc3c(O)ncnc3cc2OC2CC2)[C@H](F)C1. The van der Waals surface area contributed by atoms with Crippen LogP contribution in [0.5, 0.6) is 17.4 Å². The summed E-state index contributed by atoms with van der Waals surface area (Å²) >= 11 is 0.